The summed E-state index contributed by atoms with van der Waals surface area (Å²) in [7, 11) is 4.27. The van der Waals surface area contributed by atoms with Crippen molar-refractivity contribution in [2.75, 3.05) is 0 Å². The zero-order valence-electron chi connectivity index (χ0n) is 62.9. The molecule has 0 saturated heterocycles. The van der Waals surface area contributed by atoms with E-state index in [2.05, 4.69) is 416 Å². The van der Waals surface area contributed by atoms with E-state index in [1.54, 1.807) is 0 Å². The predicted molar refractivity (Wildman–Crippen MR) is 458 cm³/mol. The van der Waals surface area contributed by atoms with E-state index in [0.717, 1.165) is 0 Å². The summed E-state index contributed by atoms with van der Waals surface area (Å²) in [6.45, 7) is 25.9. The number of fused-ring (bicyclic) bond motifs is 14. The van der Waals surface area contributed by atoms with Crippen molar-refractivity contribution < 1.29 is 0 Å². The first-order valence-electron chi connectivity index (χ1n) is 36.5. The van der Waals surface area contributed by atoms with E-state index < -0.39 is 0 Å². The van der Waals surface area contributed by atoms with E-state index in [1.807, 2.05) is 6.07 Å². The fourth-order valence-electron chi connectivity index (χ4n) is 15.2. The second-order valence-electron chi connectivity index (χ2n) is 28.5. The summed E-state index contributed by atoms with van der Waals surface area (Å²) < 4.78 is 4.54. The first-order chi connectivity index (χ1) is 50.3. The van der Waals surface area contributed by atoms with Gasteiger partial charge in [0.05, 0.1) is 5.52 Å². The van der Waals surface area contributed by atoms with Crippen LogP contribution in [0.15, 0.2) is 315 Å². The van der Waals surface area contributed by atoms with Crippen molar-refractivity contribution in [2.45, 2.75) is 83.1 Å². The molecule has 0 unspecified atom stereocenters. The molecule has 19 aromatic rings. The lowest BCUT2D eigenvalue weighted by Gasteiger charge is -2.11. The Labute approximate surface area is 614 Å². The zero-order valence-corrected chi connectivity index (χ0v) is 62.9. The molecule has 512 valence electrons. The molecule has 0 bridgehead atoms. The second kappa shape index (κ2) is 31.2. The molecule has 17 aromatic carbocycles. The largest absolute Gasteiger partial charge is 0.344 e. The maximum atomic E-state index is 2.28. The number of aromatic nitrogens is 2. The molecule has 104 heavy (non-hydrogen) atoms. The summed E-state index contributed by atoms with van der Waals surface area (Å²) in [4.78, 5) is 0. The van der Waals surface area contributed by atoms with Gasteiger partial charge in [-0.15, -0.1) is 0 Å². The van der Waals surface area contributed by atoms with Gasteiger partial charge in [-0.3, -0.25) is 0 Å². The van der Waals surface area contributed by atoms with Crippen molar-refractivity contribution >= 4 is 119 Å². The number of rotatable bonds is 1. The molecule has 0 radical (unpaired) electrons. The summed E-state index contributed by atoms with van der Waals surface area (Å²) in [6, 6.07) is 113. The Balaban J connectivity index is 0.000000108. The third kappa shape index (κ3) is 15.3. The van der Waals surface area contributed by atoms with Gasteiger partial charge in [-0.2, -0.15) is 0 Å². The third-order valence-corrected chi connectivity index (χ3v) is 20.6. The van der Waals surface area contributed by atoms with Gasteiger partial charge in [-0.1, -0.05) is 318 Å². The van der Waals surface area contributed by atoms with Crippen LogP contribution in [0, 0.1) is 83.1 Å². The molecule has 0 N–H and O–H groups in total. The highest BCUT2D eigenvalue weighted by Gasteiger charge is 2.11. The van der Waals surface area contributed by atoms with E-state index in [-0.39, 0.29) is 0 Å². The van der Waals surface area contributed by atoms with E-state index in [1.165, 1.54) is 197 Å². The highest BCUT2D eigenvalue weighted by molar-refractivity contribution is 6.11. The normalized spacial score (nSPS) is 11.0. The van der Waals surface area contributed by atoms with Crippen LogP contribution in [0.1, 0.15) is 66.8 Å². The Morgan fingerprint density at radius 2 is 0.510 bits per heavy atom. The van der Waals surface area contributed by atoms with E-state index >= 15 is 0 Å². The molecule has 0 atom stereocenters. The minimum Gasteiger partial charge on any atom is -0.344 e. The van der Waals surface area contributed by atoms with Crippen molar-refractivity contribution in [2.24, 2.45) is 14.1 Å². The molecule has 0 aliphatic rings. The Morgan fingerprint density at radius 1 is 0.173 bits per heavy atom. The van der Waals surface area contributed by atoms with Crippen LogP contribution in [0.5, 0.6) is 0 Å². The molecule has 2 heteroatoms. The van der Waals surface area contributed by atoms with Crippen molar-refractivity contribution in [1.82, 2.24) is 9.13 Å². The van der Waals surface area contributed by atoms with Crippen LogP contribution in [-0.2, 0) is 14.1 Å². The Morgan fingerprint density at radius 3 is 0.981 bits per heavy atom. The number of nitrogens with zero attached hydrogens (tertiary/aromatic N) is 2. The van der Waals surface area contributed by atoms with Gasteiger partial charge in [0.25, 0.3) is 0 Å². The molecule has 0 spiro atoms. The molecule has 0 aliphatic carbocycles. The standard InChI is InChI=1S/3C16H14.2C14H13N.C14H14.C12H12/c1-11-3-7-15-13(9-11)5-6-14-10-12(2)4-8-16(14)15;1-11-3-5-13-10-16-8-12(2)4-6-14(16)9-15(13)7-11;1-11-13-7-3-5-9-15(13)12(2)16-10-6-4-8-14(11)16;1-10-6-5-8-12-11-7-3-4-9-13(11)15(2)14(10)12;1-10-7-8-12-11-5-3-4-6-13(11)15(2)14(12)9-10;1-11-8-12(2)10-14(9-11)13-6-4-3-5-7-13;1-9-5-3-8-12-10(2)6-4-7-11(9)12/h3*3-10H,1-2H3;2*3-9H,1-2H3;3-10H,1-2H3;3-8H,1-2H3. The topological polar surface area (TPSA) is 9.86 Å². The molecular formula is C102H94N2. The van der Waals surface area contributed by atoms with E-state index in [0.29, 0.717) is 0 Å². The summed E-state index contributed by atoms with van der Waals surface area (Å²) in [5, 5.41) is 24.3. The zero-order chi connectivity index (χ0) is 72.7. The SMILES string of the molecule is Cc1c2ccccc2c(C)c2ccccc12.Cc1cc(C)cc(-c2ccccc2)c1.Cc1ccc2c(ccc3cc(C)ccc32)c1.Cc1ccc2c3ccccc3n(C)c2c1.Cc1ccc2cc3cc(C)ccc3cc2c1.Cc1cccc2c(C)cccc12.Cc1cccc2c3ccccc3n(C)c12. The minimum atomic E-state index is 1.29. The highest BCUT2D eigenvalue weighted by Crippen LogP contribution is 2.35. The van der Waals surface area contributed by atoms with Crippen molar-refractivity contribution in [1.29, 1.82) is 0 Å². The van der Waals surface area contributed by atoms with Gasteiger partial charge in [-0.05, 0) is 233 Å². The molecule has 2 aromatic heterocycles. The fourth-order valence-corrected chi connectivity index (χ4v) is 15.2. The summed E-state index contributed by atoms with van der Waals surface area (Å²) in [5.41, 5.74) is 23.9. The molecule has 2 heterocycles. The van der Waals surface area contributed by atoms with Gasteiger partial charge in [0.1, 0.15) is 0 Å². The van der Waals surface area contributed by atoms with E-state index in [9.17, 15) is 0 Å². The van der Waals surface area contributed by atoms with Gasteiger partial charge in [0, 0.05) is 52.2 Å². The summed E-state index contributed by atoms with van der Waals surface area (Å²) in [6.07, 6.45) is 0. The van der Waals surface area contributed by atoms with Crippen LogP contribution in [0.2, 0.25) is 0 Å². The van der Waals surface area contributed by atoms with Gasteiger partial charge in [-0.25, -0.2) is 0 Å². The first-order valence-corrected chi connectivity index (χ1v) is 36.5. The average Bonchev–Trinajstić information content (AvgIpc) is 1.04. The molecule has 0 aliphatic heterocycles. The Hall–Kier alpha value is -11.8. The number of aryl methyl sites for hydroxylation is 14. The number of hydrogen-bond donors (Lipinski definition) is 0. The van der Waals surface area contributed by atoms with Crippen LogP contribution in [0.4, 0.5) is 0 Å². The van der Waals surface area contributed by atoms with Crippen LogP contribution < -0.4 is 0 Å². The monoisotopic (exact) mass is 1350 g/mol. The smallest absolute Gasteiger partial charge is 0.0518 e. The minimum absolute atomic E-state index is 1.29. The molecule has 0 saturated carbocycles. The Bertz CT molecular complexity index is 6020. The first kappa shape index (κ1) is 70.6. The van der Waals surface area contributed by atoms with Crippen molar-refractivity contribution in [3.63, 3.8) is 0 Å². The van der Waals surface area contributed by atoms with Crippen LogP contribution in [0.3, 0.4) is 0 Å². The van der Waals surface area contributed by atoms with Crippen LogP contribution >= 0.6 is 0 Å². The van der Waals surface area contributed by atoms with Crippen LogP contribution in [-0.4, -0.2) is 9.13 Å². The van der Waals surface area contributed by atoms with Crippen molar-refractivity contribution in [3.05, 3.63) is 382 Å². The predicted octanol–water partition coefficient (Wildman–Crippen LogP) is 28.5. The maximum Gasteiger partial charge on any atom is 0.0518 e. The summed E-state index contributed by atoms with van der Waals surface area (Å²) >= 11 is 0. The van der Waals surface area contributed by atoms with Gasteiger partial charge in [0.2, 0.25) is 0 Å². The Kier molecular flexibility index (Phi) is 21.2. The molecule has 0 amide bonds. The second-order valence-corrected chi connectivity index (χ2v) is 28.5. The lowest BCUT2D eigenvalue weighted by Crippen LogP contribution is -1.88. The average molecular weight is 1350 g/mol. The molecule has 19 rings (SSSR count). The quantitative estimate of drug-likeness (QED) is 0.115. The fraction of sp³-hybridized carbons (Fsp3) is 0.137. The van der Waals surface area contributed by atoms with Gasteiger partial charge in [0.15, 0.2) is 0 Å². The van der Waals surface area contributed by atoms with E-state index in [4.69, 9.17) is 0 Å². The number of para-hydroxylation sites is 3. The summed E-state index contributed by atoms with van der Waals surface area (Å²) in [5.74, 6) is 0. The molecule has 2 nitrogen and oxygen atoms in total. The van der Waals surface area contributed by atoms with Gasteiger partial charge < -0.3 is 9.13 Å². The third-order valence-electron chi connectivity index (χ3n) is 20.6. The lowest BCUT2D eigenvalue weighted by atomic mass is 9.93. The van der Waals surface area contributed by atoms with Crippen LogP contribution in [0.25, 0.3) is 130 Å². The number of hydrogen-bond acceptors (Lipinski definition) is 0. The maximum absolute atomic E-state index is 2.28. The van der Waals surface area contributed by atoms with Crippen molar-refractivity contribution in [3.8, 4) is 11.1 Å². The highest BCUT2D eigenvalue weighted by atomic mass is 14.9. The molecular weight excluding hydrogens is 1250 g/mol. The number of benzene rings is 17. The molecule has 0 fully saturated rings. The van der Waals surface area contributed by atoms with Gasteiger partial charge >= 0.3 is 0 Å². The lowest BCUT2D eigenvalue weighted by molar-refractivity contribution is 1.01.